The van der Waals surface area contributed by atoms with Crippen molar-refractivity contribution >= 4 is 47.2 Å². The van der Waals surface area contributed by atoms with E-state index in [1.54, 1.807) is 23.5 Å². The fraction of sp³-hybridized carbons (Fsp3) is 0.333. The van der Waals surface area contributed by atoms with Crippen LogP contribution in [0, 0.1) is 0 Å². The maximum absolute atomic E-state index is 11.7. The summed E-state index contributed by atoms with van der Waals surface area (Å²) >= 11 is 1.68. The molecule has 0 aliphatic carbocycles. The van der Waals surface area contributed by atoms with Crippen LogP contribution in [-0.2, 0) is 6.54 Å². The molecule has 0 spiro atoms. The normalized spacial score (nSPS) is 10.7. The van der Waals surface area contributed by atoms with E-state index in [1.165, 1.54) is 11.1 Å². The van der Waals surface area contributed by atoms with Crippen molar-refractivity contribution in [3.63, 3.8) is 0 Å². The summed E-state index contributed by atoms with van der Waals surface area (Å²) in [5.41, 5.74) is 0. The standard InChI is InChI=1S/C15H20N4O2S.HI/c1-2-16-15(19-11-12-5-4-10-22-12)18-8-7-17-14(20)13-6-3-9-21-13;/h3-6,9-10H,2,7-8,11H2,1H3,(H,17,20)(H2,16,18,19);1H. The molecular weight excluding hydrogens is 427 g/mol. The monoisotopic (exact) mass is 448 g/mol. The lowest BCUT2D eigenvalue weighted by atomic mass is 10.4. The molecule has 3 N–H and O–H groups in total. The fourth-order valence-corrected chi connectivity index (χ4v) is 2.38. The molecule has 2 rings (SSSR count). The molecule has 0 unspecified atom stereocenters. The maximum atomic E-state index is 11.7. The van der Waals surface area contributed by atoms with Crippen molar-refractivity contribution in [1.82, 2.24) is 16.0 Å². The summed E-state index contributed by atoms with van der Waals surface area (Å²) in [5, 5.41) is 11.2. The Labute approximate surface area is 156 Å². The molecule has 8 heteroatoms. The van der Waals surface area contributed by atoms with Crippen LogP contribution in [0.4, 0.5) is 0 Å². The molecule has 0 radical (unpaired) electrons. The average molecular weight is 448 g/mol. The van der Waals surface area contributed by atoms with Crippen LogP contribution >= 0.6 is 35.3 Å². The van der Waals surface area contributed by atoms with Gasteiger partial charge in [-0.25, -0.2) is 4.99 Å². The van der Waals surface area contributed by atoms with Crippen molar-refractivity contribution in [2.45, 2.75) is 13.5 Å². The molecule has 1 amide bonds. The maximum Gasteiger partial charge on any atom is 0.287 e. The first-order valence-corrected chi connectivity index (χ1v) is 8.04. The number of carbonyl (C=O) groups excluding carboxylic acids is 1. The molecule has 0 aliphatic heterocycles. The molecule has 126 valence electrons. The van der Waals surface area contributed by atoms with Gasteiger partial charge in [0.05, 0.1) is 12.8 Å². The largest absolute Gasteiger partial charge is 0.459 e. The number of nitrogens with zero attached hydrogens (tertiary/aromatic N) is 1. The summed E-state index contributed by atoms with van der Waals surface area (Å²) in [4.78, 5) is 17.4. The van der Waals surface area contributed by atoms with Crippen LogP contribution in [0.2, 0.25) is 0 Å². The molecule has 0 aliphatic rings. The molecule has 2 heterocycles. The van der Waals surface area contributed by atoms with Gasteiger partial charge >= 0.3 is 0 Å². The number of furan rings is 1. The molecule has 0 aromatic carbocycles. The fourth-order valence-electron chi connectivity index (χ4n) is 1.75. The van der Waals surface area contributed by atoms with Crippen molar-refractivity contribution in [3.05, 3.63) is 46.5 Å². The smallest absolute Gasteiger partial charge is 0.287 e. The number of carbonyl (C=O) groups is 1. The first-order valence-electron chi connectivity index (χ1n) is 7.16. The van der Waals surface area contributed by atoms with Gasteiger partial charge in [-0.1, -0.05) is 6.07 Å². The predicted octanol–water partition coefficient (Wildman–Crippen LogP) is 2.44. The Morgan fingerprint density at radius 1 is 1.22 bits per heavy atom. The highest BCUT2D eigenvalue weighted by Crippen LogP contribution is 2.09. The van der Waals surface area contributed by atoms with Crippen molar-refractivity contribution in [2.75, 3.05) is 19.6 Å². The number of hydrogen-bond acceptors (Lipinski definition) is 4. The van der Waals surface area contributed by atoms with Gasteiger partial charge < -0.3 is 20.4 Å². The van der Waals surface area contributed by atoms with E-state index in [1.807, 2.05) is 18.4 Å². The Kier molecular flexibility index (Phi) is 9.37. The summed E-state index contributed by atoms with van der Waals surface area (Å²) < 4.78 is 5.02. The number of guanidine groups is 1. The SMILES string of the molecule is CCNC(=NCc1cccs1)NCCNC(=O)c1ccco1.I. The number of aliphatic imine (C=N–C) groups is 1. The van der Waals surface area contributed by atoms with E-state index in [4.69, 9.17) is 4.42 Å². The third-order valence-corrected chi connectivity index (χ3v) is 3.63. The summed E-state index contributed by atoms with van der Waals surface area (Å²) in [7, 11) is 0. The zero-order valence-electron chi connectivity index (χ0n) is 12.9. The van der Waals surface area contributed by atoms with Crippen LogP contribution in [0.5, 0.6) is 0 Å². The van der Waals surface area contributed by atoms with E-state index in [0.29, 0.717) is 25.4 Å². The molecule has 0 saturated heterocycles. The summed E-state index contributed by atoms with van der Waals surface area (Å²) in [6, 6.07) is 7.39. The lowest BCUT2D eigenvalue weighted by molar-refractivity contribution is 0.0926. The molecule has 6 nitrogen and oxygen atoms in total. The van der Waals surface area contributed by atoms with E-state index in [-0.39, 0.29) is 29.9 Å². The Morgan fingerprint density at radius 3 is 2.70 bits per heavy atom. The molecule has 2 aromatic heterocycles. The zero-order valence-corrected chi connectivity index (χ0v) is 16.0. The van der Waals surface area contributed by atoms with Crippen molar-refractivity contribution < 1.29 is 9.21 Å². The molecule has 0 fully saturated rings. The van der Waals surface area contributed by atoms with Crippen molar-refractivity contribution in [2.24, 2.45) is 4.99 Å². The second-order valence-corrected chi connectivity index (χ2v) is 5.47. The van der Waals surface area contributed by atoms with E-state index >= 15 is 0 Å². The first-order chi connectivity index (χ1) is 10.8. The van der Waals surface area contributed by atoms with Gasteiger partial charge in [-0.05, 0) is 30.5 Å². The number of thiophene rings is 1. The molecule has 0 saturated carbocycles. The topological polar surface area (TPSA) is 78.7 Å². The predicted molar refractivity (Wildman–Crippen MR) is 104 cm³/mol. The Balaban J connectivity index is 0.00000264. The van der Waals surface area contributed by atoms with Gasteiger partial charge in [0.1, 0.15) is 0 Å². The number of amides is 1. The highest BCUT2D eigenvalue weighted by molar-refractivity contribution is 14.0. The molecular formula is C15H21IN4O2S. The minimum absolute atomic E-state index is 0. The van der Waals surface area contributed by atoms with Crippen LogP contribution in [0.3, 0.4) is 0 Å². The highest BCUT2D eigenvalue weighted by Gasteiger charge is 2.06. The highest BCUT2D eigenvalue weighted by atomic mass is 127. The molecule has 0 atom stereocenters. The van der Waals surface area contributed by atoms with Gasteiger partial charge in [0, 0.05) is 24.5 Å². The lowest BCUT2D eigenvalue weighted by Gasteiger charge is -2.11. The van der Waals surface area contributed by atoms with Gasteiger partial charge in [-0.3, -0.25) is 4.79 Å². The van der Waals surface area contributed by atoms with Gasteiger partial charge in [0.2, 0.25) is 0 Å². The van der Waals surface area contributed by atoms with Crippen molar-refractivity contribution in [3.8, 4) is 0 Å². The quantitative estimate of drug-likeness (QED) is 0.263. The van der Waals surface area contributed by atoms with E-state index in [9.17, 15) is 4.79 Å². The summed E-state index contributed by atoms with van der Waals surface area (Å²) in [6.07, 6.45) is 1.48. The zero-order chi connectivity index (χ0) is 15.6. The number of nitrogens with one attached hydrogen (secondary N) is 3. The third-order valence-electron chi connectivity index (χ3n) is 2.77. The van der Waals surface area contributed by atoms with Gasteiger partial charge in [-0.2, -0.15) is 0 Å². The second kappa shape index (κ2) is 11.1. The number of hydrogen-bond donors (Lipinski definition) is 3. The first kappa shape index (κ1) is 19.5. The lowest BCUT2D eigenvalue weighted by Crippen LogP contribution is -2.41. The van der Waals surface area contributed by atoms with E-state index in [2.05, 4.69) is 27.0 Å². The van der Waals surface area contributed by atoms with Crippen molar-refractivity contribution in [1.29, 1.82) is 0 Å². The van der Waals surface area contributed by atoms with Gasteiger partial charge in [-0.15, -0.1) is 35.3 Å². The number of rotatable bonds is 7. The second-order valence-electron chi connectivity index (χ2n) is 4.43. The van der Waals surface area contributed by atoms with E-state index < -0.39 is 0 Å². The third kappa shape index (κ3) is 7.04. The van der Waals surface area contributed by atoms with Crippen LogP contribution in [0.25, 0.3) is 0 Å². The minimum atomic E-state index is -0.215. The molecule has 0 bridgehead atoms. The average Bonchev–Trinajstić information content (AvgIpc) is 3.22. The van der Waals surface area contributed by atoms with Crippen LogP contribution < -0.4 is 16.0 Å². The summed E-state index contributed by atoms with van der Waals surface area (Å²) in [5.74, 6) is 0.841. The van der Waals surface area contributed by atoms with Crippen LogP contribution in [0.15, 0.2) is 45.3 Å². The minimum Gasteiger partial charge on any atom is -0.459 e. The molecule has 23 heavy (non-hydrogen) atoms. The summed E-state index contributed by atoms with van der Waals surface area (Å²) in [6.45, 7) is 4.52. The Hall–Kier alpha value is -1.55. The Morgan fingerprint density at radius 2 is 2.04 bits per heavy atom. The van der Waals surface area contributed by atoms with Gasteiger partial charge in [0.25, 0.3) is 5.91 Å². The van der Waals surface area contributed by atoms with Crippen LogP contribution in [0.1, 0.15) is 22.4 Å². The number of halogens is 1. The van der Waals surface area contributed by atoms with Gasteiger partial charge in [0.15, 0.2) is 11.7 Å². The van der Waals surface area contributed by atoms with E-state index in [0.717, 1.165) is 12.5 Å². The molecule has 2 aromatic rings. The van der Waals surface area contributed by atoms with Crippen LogP contribution in [-0.4, -0.2) is 31.5 Å². The Bertz CT molecular complexity index is 585.